The van der Waals surface area contributed by atoms with Gasteiger partial charge in [-0.1, -0.05) is 18.2 Å². The van der Waals surface area contributed by atoms with Crippen LogP contribution in [0.25, 0.3) is 0 Å². The van der Waals surface area contributed by atoms with Gasteiger partial charge < -0.3 is 19.3 Å². The number of carbonyl (C=O) groups excluding carboxylic acids is 2. The molecule has 1 aliphatic heterocycles. The number of benzene rings is 2. The van der Waals surface area contributed by atoms with Gasteiger partial charge >= 0.3 is 11.9 Å². The first-order chi connectivity index (χ1) is 14.0. The molecular formula is C22H23FN2O4. The Bertz CT molecular complexity index is 897. The Kier molecular flexibility index (Phi) is 6.49. The van der Waals surface area contributed by atoms with Crippen molar-refractivity contribution in [2.45, 2.75) is 13.8 Å². The van der Waals surface area contributed by atoms with Crippen LogP contribution in [0.2, 0.25) is 0 Å². The molecule has 0 unspecified atom stereocenters. The fourth-order valence-corrected chi connectivity index (χ4v) is 3.18. The second-order valence-corrected chi connectivity index (χ2v) is 6.35. The van der Waals surface area contributed by atoms with Crippen LogP contribution in [0, 0.1) is 5.82 Å². The van der Waals surface area contributed by atoms with Crippen LogP contribution in [-0.4, -0.2) is 38.4 Å². The standard InChI is InChI=1S/C22H23FN2O4/c1-3-28-21(26)19-14-24(17-12-10-16(23)11-13-17)15-25(18-8-6-5-7-9-18)20(19)22(27)29-4-2/h5-13H,3-4,14-15H2,1-2H3. The number of hydrogen-bond donors (Lipinski definition) is 0. The molecule has 1 heterocycles. The SMILES string of the molecule is CCOC(=O)C1=C(C(=O)OCC)N(c2ccccc2)CN(c2ccc(F)cc2)C1. The first kappa shape index (κ1) is 20.4. The number of carbonyl (C=O) groups is 2. The predicted molar refractivity (Wildman–Crippen MR) is 108 cm³/mol. The molecule has 0 N–H and O–H groups in total. The van der Waals surface area contributed by atoms with Crippen LogP contribution in [-0.2, 0) is 19.1 Å². The van der Waals surface area contributed by atoms with E-state index in [0.29, 0.717) is 0 Å². The molecule has 7 heteroatoms. The smallest absolute Gasteiger partial charge is 0.355 e. The van der Waals surface area contributed by atoms with E-state index in [0.717, 1.165) is 11.4 Å². The maximum Gasteiger partial charge on any atom is 0.355 e. The first-order valence-corrected chi connectivity index (χ1v) is 9.45. The van der Waals surface area contributed by atoms with Gasteiger partial charge in [-0.05, 0) is 50.2 Å². The van der Waals surface area contributed by atoms with Crippen molar-refractivity contribution in [3.05, 3.63) is 71.7 Å². The Morgan fingerprint density at radius 3 is 2.14 bits per heavy atom. The van der Waals surface area contributed by atoms with Crippen LogP contribution in [0.4, 0.5) is 15.8 Å². The summed E-state index contributed by atoms with van der Waals surface area (Å²) in [4.78, 5) is 29.1. The highest BCUT2D eigenvalue weighted by atomic mass is 19.1. The molecule has 0 radical (unpaired) electrons. The molecule has 29 heavy (non-hydrogen) atoms. The molecule has 1 aliphatic rings. The monoisotopic (exact) mass is 398 g/mol. The summed E-state index contributed by atoms with van der Waals surface area (Å²) >= 11 is 0. The van der Waals surface area contributed by atoms with Crippen LogP contribution >= 0.6 is 0 Å². The van der Waals surface area contributed by atoms with Gasteiger partial charge in [-0.3, -0.25) is 0 Å². The molecular weight excluding hydrogens is 375 g/mol. The van der Waals surface area contributed by atoms with Crippen molar-refractivity contribution in [1.29, 1.82) is 0 Å². The third-order valence-corrected chi connectivity index (χ3v) is 4.47. The van der Waals surface area contributed by atoms with Crippen LogP contribution in [0.3, 0.4) is 0 Å². The molecule has 152 valence electrons. The molecule has 2 aromatic carbocycles. The van der Waals surface area contributed by atoms with Crippen molar-refractivity contribution in [1.82, 2.24) is 0 Å². The van der Waals surface area contributed by atoms with Crippen molar-refractivity contribution in [3.8, 4) is 0 Å². The van der Waals surface area contributed by atoms with Gasteiger partial charge in [-0.2, -0.15) is 0 Å². The molecule has 0 amide bonds. The van der Waals surface area contributed by atoms with Gasteiger partial charge in [-0.15, -0.1) is 0 Å². The summed E-state index contributed by atoms with van der Waals surface area (Å²) < 4.78 is 23.8. The zero-order valence-electron chi connectivity index (χ0n) is 16.4. The highest BCUT2D eigenvalue weighted by Crippen LogP contribution is 2.30. The van der Waals surface area contributed by atoms with E-state index >= 15 is 0 Å². The fourth-order valence-electron chi connectivity index (χ4n) is 3.18. The number of hydrogen-bond acceptors (Lipinski definition) is 6. The van der Waals surface area contributed by atoms with Crippen molar-refractivity contribution >= 4 is 23.3 Å². The highest BCUT2D eigenvalue weighted by Gasteiger charge is 2.35. The lowest BCUT2D eigenvalue weighted by atomic mass is 10.1. The lowest BCUT2D eigenvalue weighted by molar-refractivity contribution is -0.142. The minimum atomic E-state index is -0.585. The Balaban J connectivity index is 2.11. The van der Waals surface area contributed by atoms with E-state index in [1.165, 1.54) is 12.1 Å². The van der Waals surface area contributed by atoms with Gasteiger partial charge in [0.15, 0.2) is 0 Å². The summed E-state index contributed by atoms with van der Waals surface area (Å²) in [5, 5.41) is 0. The number of ether oxygens (including phenoxy) is 2. The van der Waals surface area contributed by atoms with Gasteiger partial charge in [-0.25, -0.2) is 14.0 Å². The number of halogens is 1. The molecule has 0 spiro atoms. The summed E-state index contributed by atoms with van der Waals surface area (Å²) in [5.74, 6) is -1.51. The largest absolute Gasteiger partial charge is 0.463 e. The van der Waals surface area contributed by atoms with Crippen molar-refractivity contribution < 1.29 is 23.5 Å². The lowest BCUT2D eigenvalue weighted by Crippen LogP contribution is -2.48. The van der Waals surface area contributed by atoms with Gasteiger partial charge in [0.25, 0.3) is 0 Å². The Hall–Kier alpha value is -3.35. The van der Waals surface area contributed by atoms with Crippen molar-refractivity contribution in [3.63, 3.8) is 0 Å². The zero-order chi connectivity index (χ0) is 20.8. The quantitative estimate of drug-likeness (QED) is 0.695. The number of nitrogens with zero attached hydrogens (tertiary/aromatic N) is 2. The van der Waals surface area contributed by atoms with Crippen LogP contribution in [0.5, 0.6) is 0 Å². The summed E-state index contributed by atoms with van der Waals surface area (Å²) in [6.07, 6.45) is 0. The summed E-state index contributed by atoms with van der Waals surface area (Å²) in [7, 11) is 0. The topological polar surface area (TPSA) is 59.1 Å². The van der Waals surface area contributed by atoms with E-state index < -0.39 is 11.9 Å². The van der Waals surface area contributed by atoms with Crippen LogP contribution < -0.4 is 9.80 Å². The maximum atomic E-state index is 13.4. The van der Waals surface area contributed by atoms with E-state index in [4.69, 9.17) is 9.47 Å². The number of anilines is 2. The number of para-hydroxylation sites is 1. The molecule has 0 bridgehead atoms. The van der Waals surface area contributed by atoms with E-state index in [2.05, 4.69) is 0 Å². The summed E-state index contributed by atoms with van der Waals surface area (Å²) in [5.41, 5.74) is 1.81. The van der Waals surface area contributed by atoms with Gasteiger partial charge in [0, 0.05) is 11.4 Å². The second-order valence-electron chi connectivity index (χ2n) is 6.35. The molecule has 0 saturated heterocycles. The minimum absolute atomic E-state index is 0.141. The zero-order valence-corrected chi connectivity index (χ0v) is 16.4. The van der Waals surface area contributed by atoms with Crippen molar-refractivity contribution in [2.75, 3.05) is 36.2 Å². The van der Waals surface area contributed by atoms with E-state index in [9.17, 15) is 14.0 Å². The summed E-state index contributed by atoms with van der Waals surface area (Å²) in [6.45, 7) is 4.21. The first-order valence-electron chi connectivity index (χ1n) is 9.45. The molecule has 6 nitrogen and oxygen atoms in total. The Labute approximate surface area is 169 Å². The molecule has 3 rings (SSSR count). The lowest BCUT2D eigenvalue weighted by Gasteiger charge is -2.39. The van der Waals surface area contributed by atoms with Gasteiger partial charge in [0.05, 0.1) is 32.0 Å². The maximum absolute atomic E-state index is 13.4. The number of esters is 2. The Morgan fingerprint density at radius 1 is 0.897 bits per heavy atom. The normalized spacial score (nSPS) is 14.0. The fraction of sp³-hybridized carbons (Fsp3) is 0.273. The summed E-state index contributed by atoms with van der Waals surface area (Å²) in [6, 6.07) is 15.2. The van der Waals surface area contributed by atoms with Gasteiger partial charge in [0.1, 0.15) is 11.5 Å². The molecule has 0 saturated carbocycles. The predicted octanol–water partition coefficient (Wildman–Crippen LogP) is 3.49. The molecule has 0 aromatic heterocycles. The molecule has 0 fully saturated rings. The van der Waals surface area contributed by atoms with Crippen LogP contribution in [0.1, 0.15) is 13.8 Å². The van der Waals surface area contributed by atoms with Gasteiger partial charge in [0.2, 0.25) is 0 Å². The van der Waals surface area contributed by atoms with E-state index in [1.54, 1.807) is 30.9 Å². The molecule has 0 aliphatic carbocycles. The molecule has 2 aromatic rings. The van der Waals surface area contributed by atoms with Crippen LogP contribution in [0.15, 0.2) is 65.9 Å². The second kappa shape index (κ2) is 9.23. The third-order valence-electron chi connectivity index (χ3n) is 4.47. The van der Waals surface area contributed by atoms with E-state index in [1.807, 2.05) is 35.2 Å². The van der Waals surface area contributed by atoms with E-state index in [-0.39, 0.29) is 43.5 Å². The molecule has 0 atom stereocenters. The van der Waals surface area contributed by atoms with Crippen molar-refractivity contribution in [2.24, 2.45) is 0 Å². The average Bonchev–Trinajstić information content (AvgIpc) is 2.74. The Morgan fingerprint density at radius 2 is 1.52 bits per heavy atom. The average molecular weight is 398 g/mol. The highest BCUT2D eigenvalue weighted by molar-refractivity contribution is 6.04. The third kappa shape index (κ3) is 4.56. The number of rotatable bonds is 6. The minimum Gasteiger partial charge on any atom is -0.463 e.